The van der Waals surface area contributed by atoms with Crippen LogP contribution in [0.4, 0.5) is 0 Å². The van der Waals surface area contributed by atoms with Crippen molar-refractivity contribution >= 4 is 0 Å². The molecule has 0 aromatic rings. The molecule has 1 nitrogen and oxygen atoms in total. The predicted octanol–water partition coefficient (Wildman–Crippen LogP) is 2.08. The first kappa shape index (κ1) is 8.28. The minimum atomic E-state index is 0.977. The Hall–Kier alpha value is -0.720. The average molecular weight is 125 g/mol. The predicted molar refractivity (Wildman–Crippen MR) is 42.2 cm³/mol. The number of allylic oxidation sites excluding steroid dienone is 2. The van der Waals surface area contributed by atoms with Gasteiger partial charge in [0.05, 0.1) is 0 Å². The van der Waals surface area contributed by atoms with E-state index in [4.69, 9.17) is 0 Å². The Morgan fingerprint density at radius 3 is 2.44 bits per heavy atom. The Morgan fingerprint density at radius 1 is 1.56 bits per heavy atom. The highest BCUT2D eigenvalue weighted by Crippen LogP contribution is 2.01. The van der Waals surface area contributed by atoms with Crippen LogP contribution >= 0.6 is 0 Å². The maximum atomic E-state index is 3.80. The number of hydrogen-bond acceptors (Lipinski definition) is 1. The van der Waals surface area contributed by atoms with Crippen LogP contribution in [0.1, 0.15) is 20.8 Å². The number of rotatable bonds is 3. The summed E-state index contributed by atoms with van der Waals surface area (Å²) < 4.78 is 0. The normalized spacial score (nSPS) is 11.2. The molecule has 0 amide bonds. The molecule has 0 saturated heterocycles. The van der Waals surface area contributed by atoms with Crippen LogP contribution in [0.3, 0.4) is 0 Å². The summed E-state index contributed by atoms with van der Waals surface area (Å²) in [7, 11) is 0. The summed E-state index contributed by atoms with van der Waals surface area (Å²) in [5, 5.41) is 3.11. The Labute approximate surface area is 57.5 Å². The molecule has 52 valence electrons. The van der Waals surface area contributed by atoms with Gasteiger partial charge in [-0.1, -0.05) is 12.2 Å². The van der Waals surface area contributed by atoms with Gasteiger partial charge in [-0.25, -0.2) is 0 Å². The Balaban J connectivity index is 3.69. The van der Waals surface area contributed by atoms with Gasteiger partial charge in [0.1, 0.15) is 0 Å². The third-order valence-electron chi connectivity index (χ3n) is 1.20. The van der Waals surface area contributed by atoms with E-state index < -0.39 is 0 Å². The fourth-order valence-electron chi connectivity index (χ4n) is 0.378. The van der Waals surface area contributed by atoms with Crippen molar-refractivity contribution in [3.8, 4) is 0 Å². The largest absolute Gasteiger partial charge is 0.391 e. The Bertz CT molecular complexity index is 123. The third kappa shape index (κ3) is 3.83. The molecule has 0 aliphatic heterocycles. The van der Waals surface area contributed by atoms with Gasteiger partial charge in [0.15, 0.2) is 0 Å². The van der Waals surface area contributed by atoms with Gasteiger partial charge in [0, 0.05) is 6.54 Å². The summed E-state index contributed by atoms with van der Waals surface area (Å²) in [5.41, 5.74) is 2.34. The second kappa shape index (κ2) is 4.19. The lowest BCUT2D eigenvalue weighted by atomic mass is 10.2. The monoisotopic (exact) mass is 125 g/mol. The lowest BCUT2D eigenvalue weighted by Crippen LogP contribution is -2.03. The molecular formula is C8H15N. The number of nitrogens with one attached hydrogen (secondary N) is 1. The Kier molecular flexibility index (Phi) is 3.85. The quantitative estimate of drug-likeness (QED) is 0.569. The molecule has 1 heteroatoms. The van der Waals surface area contributed by atoms with Crippen LogP contribution in [0.2, 0.25) is 0 Å². The Morgan fingerprint density at radius 2 is 2.11 bits per heavy atom. The van der Waals surface area contributed by atoms with E-state index in [-0.39, 0.29) is 0 Å². The third-order valence-corrected chi connectivity index (χ3v) is 1.20. The first-order chi connectivity index (χ1) is 4.18. The van der Waals surface area contributed by atoms with Crippen molar-refractivity contribution in [2.24, 2.45) is 0 Å². The molecule has 0 fully saturated rings. The molecule has 0 bridgehead atoms. The summed E-state index contributed by atoms with van der Waals surface area (Å²) >= 11 is 0. The topological polar surface area (TPSA) is 12.0 Å². The fourth-order valence-corrected chi connectivity index (χ4v) is 0.378. The zero-order valence-electron chi connectivity index (χ0n) is 6.49. The van der Waals surface area contributed by atoms with Crippen molar-refractivity contribution in [3.05, 3.63) is 23.9 Å². The minimum absolute atomic E-state index is 0.977. The van der Waals surface area contributed by atoms with Gasteiger partial charge < -0.3 is 5.32 Å². The van der Waals surface area contributed by atoms with E-state index in [2.05, 4.69) is 18.8 Å². The van der Waals surface area contributed by atoms with Crippen molar-refractivity contribution in [3.63, 3.8) is 0 Å². The molecule has 0 aliphatic rings. The van der Waals surface area contributed by atoms with E-state index in [1.165, 1.54) is 5.57 Å². The van der Waals surface area contributed by atoms with E-state index >= 15 is 0 Å². The van der Waals surface area contributed by atoms with Gasteiger partial charge in [-0.2, -0.15) is 0 Å². The van der Waals surface area contributed by atoms with E-state index in [9.17, 15) is 0 Å². The molecule has 0 rings (SSSR count). The average Bonchev–Trinajstić information content (AvgIpc) is 1.82. The van der Waals surface area contributed by atoms with Crippen molar-refractivity contribution in [2.45, 2.75) is 20.8 Å². The lowest BCUT2D eigenvalue weighted by Gasteiger charge is -1.98. The molecule has 0 aliphatic carbocycles. The first-order valence-electron chi connectivity index (χ1n) is 3.24. The van der Waals surface area contributed by atoms with Gasteiger partial charge >= 0.3 is 0 Å². The maximum absolute atomic E-state index is 3.80. The molecule has 1 N–H and O–H groups in total. The molecule has 0 aromatic heterocycles. The molecule has 0 radical (unpaired) electrons. The summed E-state index contributed by atoms with van der Waals surface area (Å²) in [6, 6.07) is 0. The van der Waals surface area contributed by atoms with Gasteiger partial charge in [-0.3, -0.25) is 0 Å². The van der Waals surface area contributed by atoms with Crippen molar-refractivity contribution in [2.75, 3.05) is 6.54 Å². The van der Waals surface area contributed by atoms with E-state index in [0.29, 0.717) is 0 Å². The zero-order chi connectivity index (χ0) is 7.28. The summed E-state index contributed by atoms with van der Waals surface area (Å²) in [6.07, 6.45) is 1.99. The van der Waals surface area contributed by atoms with Crippen LogP contribution in [0.15, 0.2) is 23.9 Å². The van der Waals surface area contributed by atoms with Crippen LogP contribution in [0, 0.1) is 0 Å². The minimum Gasteiger partial charge on any atom is -0.391 e. The van der Waals surface area contributed by atoms with E-state index in [1.54, 1.807) is 0 Å². The molecule has 0 heterocycles. The van der Waals surface area contributed by atoms with Gasteiger partial charge in [0.25, 0.3) is 0 Å². The van der Waals surface area contributed by atoms with Crippen LogP contribution in [-0.4, -0.2) is 6.54 Å². The maximum Gasteiger partial charge on any atom is 0.0113 e. The van der Waals surface area contributed by atoms with Gasteiger partial charge in [-0.15, -0.1) is 0 Å². The number of hydrogen-bond donors (Lipinski definition) is 1. The summed E-state index contributed by atoms with van der Waals surface area (Å²) in [6.45, 7) is 10.9. The van der Waals surface area contributed by atoms with Gasteiger partial charge in [0.2, 0.25) is 0 Å². The van der Waals surface area contributed by atoms with Crippen molar-refractivity contribution in [1.82, 2.24) is 5.32 Å². The second-order valence-electron chi connectivity index (χ2n) is 2.17. The van der Waals surface area contributed by atoms with Crippen LogP contribution < -0.4 is 5.32 Å². The molecule has 0 aromatic carbocycles. The van der Waals surface area contributed by atoms with Crippen molar-refractivity contribution < 1.29 is 0 Å². The standard InChI is InChI=1S/C8H15N/c1-5-9-6-8(4)7(2)3/h6,9H,2,5H2,1,3-4H3/b8-6-. The van der Waals surface area contributed by atoms with E-state index in [1.807, 2.05) is 20.0 Å². The second-order valence-corrected chi connectivity index (χ2v) is 2.17. The summed E-state index contributed by atoms with van der Waals surface area (Å²) in [5.74, 6) is 0. The highest BCUT2D eigenvalue weighted by molar-refractivity contribution is 5.22. The van der Waals surface area contributed by atoms with Crippen LogP contribution in [0.25, 0.3) is 0 Å². The first-order valence-corrected chi connectivity index (χ1v) is 3.24. The fraction of sp³-hybridized carbons (Fsp3) is 0.500. The molecular weight excluding hydrogens is 110 g/mol. The molecule has 0 unspecified atom stereocenters. The van der Waals surface area contributed by atoms with E-state index in [0.717, 1.165) is 12.1 Å². The highest BCUT2D eigenvalue weighted by Gasteiger charge is 1.84. The summed E-state index contributed by atoms with van der Waals surface area (Å²) in [4.78, 5) is 0. The van der Waals surface area contributed by atoms with Gasteiger partial charge in [-0.05, 0) is 32.5 Å². The van der Waals surface area contributed by atoms with Crippen LogP contribution in [-0.2, 0) is 0 Å². The zero-order valence-corrected chi connectivity index (χ0v) is 6.49. The van der Waals surface area contributed by atoms with Crippen LogP contribution in [0.5, 0.6) is 0 Å². The lowest BCUT2D eigenvalue weighted by molar-refractivity contribution is 0.909. The molecule has 0 saturated carbocycles. The smallest absolute Gasteiger partial charge is 0.0113 e. The van der Waals surface area contributed by atoms with Crippen molar-refractivity contribution in [1.29, 1.82) is 0 Å². The molecule has 0 spiro atoms. The molecule has 0 atom stereocenters. The highest BCUT2D eigenvalue weighted by atomic mass is 14.8. The molecule has 9 heavy (non-hydrogen) atoms. The SMILES string of the molecule is C=C(C)/C(C)=C\NCC.